The molecule has 0 aliphatic heterocycles. The van der Waals surface area contributed by atoms with Gasteiger partial charge < -0.3 is 4.74 Å². The van der Waals surface area contributed by atoms with Crippen molar-refractivity contribution in [1.29, 1.82) is 0 Å². The smallest absolute Gasteiger partial charge is 0.302 e. The molecule has 1 aromatic rings. The molecular formula is C15H21NO2. The molecular weight excluding hydrogens is 226 g/mol. The number of carbonyl (C=O) groups excluding carboxylic acids is 1. The summed E-state index contributed by atoms with van der Waals surface area (Å²) in [6, 6.07) is 6.08. The van der Waals surface area contributed by atoms with E-state index in [-0.39, 0.29) is 11.4 Å². The molecule has 1 aromatic carbocycles. The molecule has 0 aliphatic carbocycles. The molecule has 98 valence electrons. The highest BCUT2D eigenvalue weighted by Gasteiger charge is 2.15. The molecule has 0 heterocycles. The van der Waals surface area contributed by atoms with Crippen LogP contribution in [-0.2, 0) is 21.6 Å². The van der Waals surface area contributed by atoms with Crippen LogP contribution in [0.3, 0.4) is 0 Å². The van der Waals surface area contributed by atoms with E-state index in [1.54, 1.807) is 6.21 Å². The molecule has 0 amide bonds. The number of esters is 1. The number of rotatable bonds is 3. The average Bonchev–Trinajstić information content (AvgIpc) is 2.25. The van der Waals surface area contributed by atoms with Crippen molar-refractivity contribution in [2.75, 3.05) is 0 Å². The Labute approximate surface area is 109 Å². The Morgan fingerprint density at radius 2 is 2.00 bits per heavy atom. The summed E-state index contributed by atoms with van der Waals surface area (Å²) in [5.41, 5.74) is 3.10. The van der Waals surface area contributed by atoms with Crippen LogP contribution in [0, 0.1) is 0 Å². The summed E-state index contributed by atoms with van der Waals surface area (Å²) in [6.07, 6.45) is 1.76. The third kappa shape index (κ3) is 4.32. The van der Waals surface area contributed by atoms with E-state index in [2.05, 4.69) is 37.9 Å². The Morgan fingerprint density at radius 1 is 1.33 bits per heavy atom. The quantitative estimate of drug-likeness (QED) is 0.602. The summed E-state index contributed by atoms with van der Waals surface area (Å²) in [5.74, 6) is -0.267. The molecule has 3 heteroatoms. The lowest BCUT2D eigenvalue weighted by atomic mass is 9.86. The van der Waals surface area contributed by atoms with Crippen molar-refractivity contribution in [2.24, 2.45) is 4.99 Å². The Morgan fingerprint density at radius 3 is 2.50 bits per heavy atom. The molecule has 0 radical (unpaired) electrons. The van der Waals surface area contributed by atoms with Crippen molar-refractivity contribution in [3.05, 3.63) is 29.3 Å². The first kappa shape index (κ1) is 14.4. The Hall–Kier alpha value is -1.64. The van der Waals surface area contributed by atoms with Gasteiger partial charge in [-0.1, -0.05) is 26.8 Å². The molecule has 0 saturated carbocycles. The van der Waals surface area contributed by atoms with Gasteiger partial charge in [-0.15, -0.1) is 0 Å². The molecule has 0 unspecified atom stereocenters. The van der Waals surface area contributed by atoms with Crippen molar-refractivity contribution < 1.29 is 9.53 Å². The van der Waals surface area contributed by atoms with Gasteiger partial charge in [0.15, 0.2) is 0 Å². The topological polar surface area (TPSA) is 38.7 Å². The minimum atomic E-state index is -0.267. The number of benzene rings is 1. The molecule has 0 fully saturated rings. The maximum absolute atomic E-state index is 10.9. The van der Waals surface area contributed by atoms with Gasteiger partial charge in [-0.3, -0.25) is 9.79 Å². The SMILES string of the molecule is CC=Nc1cc(COC(C)=O)cc(C(C)(C)C)c1. The number of nitrogens with zero attached hydrogens (tertiary/aromatic N) is 1. The minimum absolute atomic E-state index is 0.0459. The highest BCUT2D eigenvalue weighted by Crippen LogP contribution is 2.28. The molecule has 0 N–H and O–H groups in total. The second kappa shape index (κ2) is 5.80. The van der Waals surface area contributed by atoms with Crippen LogP contribution in [0.25, 0.3) is 0 Å². The van der Waals surface area contributed by atoms with Crippen molar-refractivity contribution in [3.8, 4) is 0 Å². The summed E-state index contributed by atoms with van der Waals surface area (Å²) in [4.78, 5) is 15.2. The first-order chi connectivity index (χ1) is 8.32. The molecule has 0 atom stereocenters. The van der Waals surface area contributed by atoms with Crippen LogP contribution >= 0.6 is 0 Å². The van der Waals surface area contributed by atoms with Crippen LogP contribution < -0.4 is 0 Å². The van der Waals surface area contributed by atoms with E-state index in [1.165, 1.54) is 12.5 Å². The fraction of sp³-hybridized carbons (Fsp3) is 0.467. The number of hydrogen-bond donors (Lipinski definition) is 0. The largest absolute Gasteiger partial charge is 0.461 e. The second-order valence-corrected chi connectivity index (χ2v) is 5.31. The van der Waals surface area contributed by atoms with E-state index >= 15 is 0 Å². The van der Waals surface area contributed by atoms with E-state index in [1.807, 2.05) is 13.0 Å². The molecule has 0 spiro atoms. The lowest BCUT2D eigenvalue weighted by Gasteiger charge is -2.20. The zero-order valence-electron chi connectivity index (χ0n) is 11.8. The fourth-order valence-electron chi connectivity index (χ4n) is 1.60. The second-order valence-electron chi connectivity index (χ2n) is 5.31. The monoisotopic (exact) mass is 247 g/mol. The van der Waals surface area contributed by atoms with Crippen LogP contribution in [-0.4, -0.2) is 12.2 Å². The van der Waals surface area contributed by atoms with Crippen LogP contribution in [0.15, 0.2) is 23.2 Å². The number of carbonyl (C=O) groups is 1. The Balaban J connectivity index is 3.10. The van der Waals surface area contributed by atoms with E-state index in [4.69, 9.17) is 4.74 Å². The predicted molar refractivity (Wildman–Crippen MR) is 74.4 cm³/mol. The van der Waals surface area contributed by atoms with Crippen LogP contribution in [0.5, 0.6) is 0 Å². The van der Waals surface area contributed by atoms with Gasteiger partial charge in [0.1, 0.15) is 6.61 Å². The maximum atomic E-state index is 10.9. The predicted octanol–water partition coefficient (Wildman–Crippen LogP) is 3.77. The van der Waals surface area contributed by atoms with Gasteiger partial charge in [-0.05, 0) is 35.6 Å². The van der Waals surface area contributed by atoms with Gasteiger partial charge in [-0.25, -0.2) is 0 Å². The minimum Gasteiger partial charge on any atom is -0.461 e. The number of hydrogen-bond acceptors (Lipinski definition) is 3. The van der Waals surface area contributed by atoms with Crippen molar-refractivity contribution >= 4 is 17.9 Å². The Bertz CT molecular complexity index is 456. The highest BCUT2D eigenvalue weighted by molar-refractivity contribution is 5.66. The average molecular weight is 247 g/mol. The van der Waals surface area contributed by atoms with Gasteiger partial charge >= 0.3 is 5.97 Å². The lowest BCUT2D eigenvalue weighted by molar-refractivity contribution is -0.142. The standard InChI is InChI=1S/C15H21NO2/c1-6-16-14-8-12(10-18-11(2)17)7-13(9-14)15(3,4)5/h6-9H,10H2,1-5H3. The van der Waals surface area contributed by atoms with E-state index < -0.39 is 0 Å². The number of aliphatic imine (C=N–C) groups is 1. The van der Waals surface area contributed by atoms with E-state index in [9.17, 15) is 4.79 Å². The van der Waals surface area contributed by atoms with Gasteiger partial charge in [0.2, 0.25) is 0 Å². The normalized spacial score (nSPS) is 11.8. The lowest BCUT2D eigenvalue weighted by Crippen LogP contribution is -2.11. The summed E-state index contributed by atoms with van der Waals surface area (Å²) < 4.78 is 5.04. The van der Waals surface area contributed by atoms with Gasteiger partial charge in [-0.2, -0.15) is 0 Å². The van der Waals surface area contributed by atoms with Crippen LogP contribution in [0.1, 0.15) is 45.7 Å². The summed E-state index contributed by atoms with van der Waals surface area (Å²) in [7, 11) is 0. The van der Waals surface area contributed by atoms with E-state index in [0.717, 1.165) is 11.3 Å². The van der Waals surface area contributed by atoms with E-state index in [0.29, 0.717) is 6.61 Å². The molecule has 0 aliphatic rings. The first-order valence-corrected chi connectivity index (χ1v) is 6.09. The molecule has 18 heavy (non-hydrogen) atoms. The zero-order chi connectivity index (χ0) is 13.8. The van der Waals surface area contributed by atoms with Gasteiger partial charge in [0.25, 0.3) is 0 Å². The molecule has 1 rings (SSSR count). The van der Waals surface area contributed by atoms with Gasteiger partial charge in [0, 0.05) is 13.1 Å². The van der Waals surface area contributed by atoms with Crippen molar-refractivity contribution in [2.45, 2.75) is 46.6 Å². The zero-order valence-corrected chi connectivity index (χ0v) is 11.8. The molecule has 0 aromatic heterocycles. The third-order valence-electron chi connectivity index (χ3n) is 2.56. The Kier molecular flexibility index (Phi) is 4.65. The summed E-state index contributed by atoms with van der Waals surface area (Å²) in [5, 5.41) is 0. The summed E-state index contributed by atoms with van der Waals surface area (Å²) in [6.45, 7) is 10.0. The number of ether oxygens (including phenoxy) is 1. The molecule has 0 bridgehead atoms. The first-order valence-electron chi connectivity index (χ1n) is 6.09. The van der Waals surface area contributed by atoms with Crippen LogP contribution in [0.2, 0.25) is 0 Å². The third-order valence-corrected chi connectivity index (χ3v) is 2.56. The van der Waals surface area contributed by atoms with Crippen LogP contribution in [0.4, 0.5) is 5.69 Å². The fourth-order valence-corrected chi connectivity index (χ4v) is 1.60. The molecule has 0 saturated heterocycles. The molecule has 3 nitrogen and oxygen atoms in total. The maximum Gasteiger partial charge on any atom is 0.302 e. The van der Waals surface area contributed by atoms with Crippen molar-refractivity contribution in [3.63, 3.8) is 0 Å². The van der Waals surface area contributed by atoms with Gasteiger partial charge in [0.05, 0.1) is 5.69 Å². The summed E-state index contributed by atoms with van der Waals surface area (Å²) >= 11 is 0. The van der Waals surface area contributed by atoms with Crippen molar-refractivity contribution in [1.82, 2.24) is 0 Å². The highest BCUT2D eigenvalue weighted by atomic mass is 16.5.